The van der Waals surface area contributed by atoms with Crippen LogP contribution in [0.2, 0.25) is 0 Å². The predicted molar refractivity (Wildman–Crippen MR) is 57.0 cm³/mol. The van der Waals surface area contributed by atoms with Crippen molar-refractivity contribution in [1.29, 1.82) is 0 Å². The first kappa shape index (κ1) is 14.3. The van der Waals surface area contributed by atoms with Crippen molar-refractivity contribution in [3.63, 3.8) is 0 Å². The lowest BCUT2D eigenvalue weighted by Gasteiger charge is -2.17. The van der Waals surface area contributed by atoms with E-state index in [1.54, 1.807) is 0 Å². The van der Waals surface area contributed by atoms with E-state index in [0.29, 0.717) is 5.56 Å². The number of aryl methyl sites for hydroxylation is 1. The van der Waals surface area contributed by atoms with Crippen molar-refractivity contribution in [2.45, 2.75) is 25.1 Å². The molecule has 1 aromatic rings. The van der Waals surface area contributed by atoms with Crippen LogP contribution in [0.5, 0.6) is 5.75 Å². The number of rotatable bonds is 4. The number of halogens is 3. The topological polar surface area (TPSA) is 83.6 Å². The van der Waals surface area contributed by atoms with Crippen LogP contribution in [0.4, 0.5) is 13.2 Å². The van der Waals surface area contributed by atoms with Gasteiger partial charge in [0.15, 0.2) is 0 Å². The van der Waals surface area contributed by atoms with Crippen LogP contribution in [-0.2, 0) is 11.2 Å². The molecular formula is C11H12F3NO3. The Labute approximate surface area is 101 Å². The first-order valence-corrected chi connectivity index (χ1v) is 5.07. The van der Waals surface area contributed by atoms with Crippen LogP contribution in [0.15, 0.2) is 18.2 Å². The molecule has 1 atom stereocenters. The Morgan fingerprint density at radius 1 is 1.39 bits per heavy atom. The minimum atomic E-state index is -4.66. The number of hydrogen-bond acceptors (Lipinski definition) is 3. The van der Waals surface area contributed by atoms with E-state index in [0.717, 1.165) is 12.1 Å². The first-order valence-electron chi connectivity index (χ1n) is 5.07. The SMILES string of the molecule is N[C@H](c1cc(CCC(=O)O)ccc1O)C(F)(F)F. The molecule has 0 radical (unpaired) electrons. The van der Waals surface area contributed by atoms with Crippen LogP contribution in [0.1, 0.15) is 23.6 Å². The summed E-state index contributed by atoms with van der Waals surface area (Å²) in [5.74, 6) is -1.61. The van der Waals surface area contributed by atoms with Gasteiger partial charge in [-0.05, 0) is 18.1 Å². The van der Waals surface area contributed by atoms with Crippen molar-refractivity contribution in [1.82, 2.24) is 0 Å². The first-order chi connectivity index (χ1) is 8.21. The maximum Gasteiger partial charge on any atom is 0.407 e. The van der Waals surface area contributed by atoms with E-state index in [-0.39, 0.29) is 12.8 Å². The highest BCUT2D eigenvalue weighted by Crippen LogP contribution is 2.35. The molecule has 18 heavy (non-hydrogen) atoms. The fourth-order valence-corrected chi connectivity index (χ4v) is 1.44. The molecule has 0 fully saturated rings. The summed E-state index contributed by atoms with van der Waals surface area (Å²) in [6, 6.07) is 1.24. The average molecular weight is 263 g/mol. The van der Waals surface area contributed by atoms with E-state index in [1.807, 2.05) is 0 Å². The van der Waals surface area contributed by atoms with Crippen LogP contribution in [0, 0.1) is 0 Å². The van der Waals surface area contributed by atoms with Gasteiger partial charge in [0.25, 0.3) is 0 Å². The molecular weight excluding hydrogens is 251 g/mol. The third-order valence-electron chi connectivity index (χ3n) is 2.41. The molecule has 0 amide bonds. The average Bonchev–Trinajstić information content (AvgIpc) is 2.25. The van der Waals surface area contributed by atoms with Gasteiger partial charge < -0.3 is 15.9 Å². The van der Waals surface area contributed by atoms with E-state index < -0.39 is 29.5 Å². The number of hydrogen-bond donors (Lipinski definition) is 3. The molecule has 0 heterocycles. The minimum absolute atomic E-state index is 0.0766. The van der Waals surface area contributed by atoms with E-state index in [1.165, 1.54) is 6.07 Å². The number of aromatic hydroxyl groups is 1. The Kier molecular flexibility index (Phi) is 4.18. The number of carbonyl (C=O) groups is 1. The lowest BCUT2D eigenvalue weighted by molar-refractivity contribution is -0.149. The Balaban J connectivity index is 2.98. The van der Waals surface area contributed by atoms with Crippen LogP contribution >= 0.6 is 0 Å². The number of carboxylic acids is 1. The molecule has 4 nitrogen and oxygen atoms in total. The van der Waals surface area contributed by atoms with Gasteiger partial charge in [0.05, 0.1) is 0 Å². The fourth-order valence-electron chi connectivity index (χ4n) is 1.44. The molecule has 1 rings (SSSR count). The smallest absolute Gasteiger partial charge is 0.407 e. The molecule has 0 unspecified atom stereocenters. The second-order valence-electron chi connectivity index (χ2n) is 3.81. The highest BCUT2D eigenvalue weighted by Gasteiger charge is 2.39. The molecule has 0 aromatic heterocycles. The predicted octanol–water partition coefficient (Wildman–Crippen LogP) is 1.97. The van der Waals surface area contributed by atoms with Gasteiger partial charge in [0.1, 0.15) is 11.8 Å². The van der Waals surface area contributed by atoms with Crippen molar-refractivity contribution in [2.75, 3.05) is 0 Å². The summed E-state index contributed by atoms with van der Waals surface area (Å²) in [5, 5.41) is 17.8. The third kappa shape index (κ3) is 3.63. The van der Waals surface area contributed by atoms with Gasteiger partial charge in [-0.1, -0.05) is 12.1 Å². The number of phenolic OH excluding ortho intramolecular Hbond substituents is 1. The van der Waals surface area contributed by atoms with Crippen molar-refractivity contribution >= 4 is 5.97 Å². The molecule has 0 aliphatic carbocycles. The Morgan fingerprint density at radius 2 is 2.00 bits per heavy atom. The lowest BCUT2D eigenvalue weighted by atomic mass is 10.0. The molecule has 7 heteroatoms. The fraction of sp³-hybridized carbons (Fsp3) is 0.364. The summed E-state index contributed by atoms with van der Waals surface area (Å²) in [4.78, 5) is 10.4. The van der Waals surface area contributed by atoms with Crippen molar-refractivity contribution in [3.05, 3.63) is 29.3 Å². The summed E-state index contributed by atoms with van der Waals surface area (Å²) >= 11 is 0. The zero-order valence-corrected chi connectivity index (χ0v) is 9.24. The van der Waals surface area contributed by atoms with Gasteiger partial charge in [0, 0.05) is 12.0 Å². The third-order valence-corrected chi connectivity index (χ3v) is 2.41. The quantitative estimate of drug-likeness (QED) is 0.775. The van der Waals surface area contributed by atoms with Crippen LogP contribution in [0.3, 0.4) is 0 Å². The number of phenols is 1. The molecule has 0 aliphatic heterocycles. The molecule has 0 saturated carbocycles. The number of nitrogens with two attached hydrogens (primary N) is 1. The van der Waals surface area contributed by atoms with E-state index in [9.17, 15) is 23.1 Å². The number of benzene rings is 1. The van der Waals surface area contributed by atoms with E-state index >= 15 is 0 Å². The Bertz CT molecular complexity index is 446. The summed E-state index contributed by atoms with van der Waals surface area (Å²) in [6.45, 7) is 0. The Hall–Kier alpha value is -1.76. The van der Waals surface area contributed by atoms with Crippen LogP contribution in [0.25, 0.3) is 0 Å². The number of alkyl halides is 3. The second kappa shape index (κ2) is 5.26. The molecule has 4 N–H and O–H groups in total. The summed E-state index contributed by atoms with van der Waals surface area (Å²) in [6.07, 6.45) is -4.79. The van der Waals surface area contributed by atoms with Gasteiger partial charge in [-0.15, -0.1) is 0 Å². The van der Waals surface area contributed by atoms with Crippen LogP contribution < -0.4 is 5.73 Å². The maximum atomic E-state index is 12.4. The van der Waals surface area contributed by atoms with Gasteiger partial charge in [-0.3, -0.25) is 4.79 Å². The van der Waals surface area contributed by atoms with Gasteiger partial charge in [0.2, 0.25) is 0 Å². The second-order valence-corrected chi connectivity index (χ2v) is 3.81. The molecule has 0 aliphatic rings. The van der Waals surface area contributed by atoms with Crippen molar-refractivity contribution in [3.8, 4) is 5.75 Å². The molecule has 0 saturated heterocycles. The molecule has 1 aromatic carbocycles. The Morgan fingerprint density at radius 3 is 2.50 bits per heavy atom. The zero-order valence-electron chi connectivity index (χ0n) is 9.24. The van der Waals surface area contributed by atoms with E-state index in [2.05, 4.69) is 0 Å². The highest BCUT2D eigenvalue weighted by atomic mass is 19.4. The van der Waals surface area contributed by atoms with Crippen LogP contribution in [-0.4, -0.2) is 22.4 Å². The van der Waals surface area contributed by atoms with Crippen molar-refractivity contribution < 1.29 is 28.2 Å². The largest absolute Gasteiger partial charge is 0.508 e. The normalized spacial score (nSPS) is 13.3. The summed E-state index contributed by atoms with van der Waals surface area (Å²) in [7, 11) is 0. The molecule has 0 bridgehead atoms. The standard InChI is InChI=1S/C11H12F3NO3/c12-11(13,14)10(15)7-5-6(1-3-8(7)16)2-4-9(17)18/h1,3,5,10,16H,2,4,15H2,(H,17,18)/t10-/m1/s1. The highest BCUT2D eigenvalue weighted by molar-refractivity contribution is 5.67. The van der Waals surface area contributed by atoms with Gasteiger partial charge in [-0.2, -0.15) is 13.2 Å². The monoisotopic (exact) mass is 263 g/mol. The summed E-state index contributed by atoms with van der Waals surface area (Å²) < 4.78 is 37.3. The zero-order chi connectivity index (χ0) is 13.9. The maximum absolute atomic E-state index is 12.4. The lowest BCUT2D eigenvalue weighted by Crippen LogP contribution is -2.28. The van der Waals surface area contributed by atoms with Gasteiger partial charge >= 0.3 is 12.1 Å². The molecule has 0 spiro atoms. The number of aliphatic carboxylic acids is 1. The van der Waals surface area contributed by atoms with E-state index in [4.69, 9.17) is 10.8 Å². The minimum Gasteiger partial charge on any atom is -0.508 e. The number of carboxylic acid groups (broad SMARTS) is 1. The van der Waals surface area contributed by atoms with Gasteiger partial charge in [-0.25, -0.2) is 0 Å². The van der Waals surface area contributed by atoms with Crippen molar-refractivity contribution in [2.24, 2.45) is 5.73 Å². The molecule has 100 valence electrons. The summed E-state index contributed by atoms with van der Waals surface area (Å²) in [5.41, 5.74) is 4.92.